The average molecular weight is 415 g/mol. The van der Waals surface area contributed by atoms with Crippen LogP contribution in [-0.4, -0.2) is 37.5 Å². The molecule has 0 saturated carbocycles. The fourth-order valence-corrected chi connectivity index (χ4v) is 3.86. The molecule has 1 amide bonds. The molecule has 1 fully saturated rings. The minimum Gasteiger partial charge on any atom is -0.489 e. The van der Waals surface area contributed by atoms with Gasteiger partial charge in [-0.05, 0) is 50.6 Å². The third kappa shape index (κ3) is 4.74. The van der Waals surface area contributed by atoms with Crippen LogP contribution < -0.4 is 10.1 Å². The zero-order valence-electron chi connectivity index (χ0n) is 16.6. The molecule has 1 aliphatic heterocycles. The Kier molecular flexibility index (Phi) is 7.18. The highest BCUT2D eigenvalue weighted by atomic mass is 35.5. The molecule has 0 unspecified atom stereocenters. The molecule has 3 aromatic rings. The van der Waals surface area contributed by atoms with E-state index in [0.29, 0.717) is 18.3 Å². The lowest BCUT2D eigenvalue weighted by Crippen LogP contribution is -2.40. The number of benzene rings is 2. The van der Waals surface area contributed by atoms with Crippen LogP contribution in [0.25, 0.3) is 11.0 Å². The van der Waals surface area contributed by atoms with E-state index in [9.17, 15) is 4.79 Å². The van der Waals surface area contributed by atoms with Crippen LogP contribution in [-0.2, 0) is 6.61 Å². The van der Waals surface area contributed by atoms with E-state index < -0.39 is 0 Å². The lowest BCUT2D eigenvalue weighted by Gasteiger charge is -2.31. The van der Waals surface area contributed by atoms with E-state index in [-0.39, 0.29) is 18.3 Å². The zero-order chi connectivity index (χ0) is 19.3. The van der Waals surface area contributed by atoms with Crippen molar-refractivity contribution in [2.45, 2.75) is 19.4 Å². The first-order chi connectivity index (χ1) is 13.8. The summed E-state index contributed by atoms with van der Waals surface area (Å²) in [6.45, 7) is 2.84. The van der Waals surface area contributed by atoms with E-state index in [1.165, 1.54) is 0 Å². The maximum atomic E-state index is 13.2. The lowest BCUT2D eigenvalue weighted by atomic mass is 9.96. The fourth-order valence-electron chi connectivity index (χ4n) is 3.86. The Bertz CT molecular complexity index is 934. The van der Waals surface area contributed by atoms with Gasteiger partial charge in [-0.3, -0.25) is 4.79 Å². The summed E-state index contributed by atoms with van der Waals surface area (Å²) >= 11 is 0. The number of halogens is 1. The van der Waals surface area contributed by atoms with Crippen molar-refractivity contribution in [1.29, 1.82) is 0 Å². The average Bonchev–Trinajstić information content (AvgIpc) is 3.12. The molecule has 4 rings (SSSR count). The largest absolute Gasteiger partial charge is 0.489 e. The molecule has 0 bridgehead atoms. The number of carbonyl (C=O) groups is 1. The van der Waals surface area contributed by atoms with Crippen molar-refractivity contribution in [3.63, 3.8) is 0 Å². The van der Waals surface area contributed by atoms with Gasteiger partial charge in [0, 0.05) is 24.0 Å². The number of nitrogens with zero attached hydrogens (tertiary/aromatic N) is 1. The second-order valence-electron chi connectivity index (χ2n) is 7.30. The van der Waals surface area contributed by atoms with Gasteiger partial charge in [0.25, 0.3) is 5.91 Å². The van der Waals surface area contributed by atoms with Gasteiger partial charge in [0.1, 0.15) is 17.9 Å². The summed E-state index contributed by atoms with van der Waals surface area (Å²) in [6.07, 6.45) is 2.03. The molecule has 2 heterocycles. The predicted octanol–water partition coefficient (Wildman–Crippen LogP) is 4.51. The lowest BCUT2D eigenvalue weighted by molar-refractivity contribution is 0.0657. The van der Waals surface area contributed by atoms with Crippen molar-refractivity contribution in [2.75, 3.05) is 26.7 Å². The van der Waals surface area contributed by atoms with Gasteiger partial charge in [-0.15, -0.1) is 12.4 Å². The first-order valence-corrected chi connectivity index (χ1v) is 9.88. The second kappa shape index (κ2) is 9.81. The quantitative estimate of drug-likeness (QED) is 0.645. The van der Waals surface area contributed by atoms with Crippen LogP contribution in [0, 0.1) is 5.92 Å². The zero-order valence-corrected chi connectivity index (χ0v) is 17.4. The van der Waals surface area contributed by atoms with Crippen molar-refractivity contribution in [2.24, 2.45) is 5.92 Å². The summed E-state index contributed by atoms with van der Waals surface area (Å²) in [4.78, 5) is 15.1. The molecule has 1 saturated heterocycles. The highest BCUT2D eigenvalue weighted by Gasteiger charge is 2.28. The topological polar surface area (TPSA) is 54.7 Å². The van der Waals surface area contributed by atoms with Gasteiger partial charge in [-0.2, -0.15) is 0 Å². The van der Waals surface area contributed by atoms with Gasteiger partial charge in [-0.1, -0.05) is 36.4 Å². The van der Waals surface area contributed by atoms with E-state index in [4.69, 9.17) is 9.15 Å². The molecule has 1 aliphatic rings. The number of para-hydroxylation sites is 2. The van der Waals surface area contributed by atoms with E-state index >= 15 is 0 Å². The van der Waals surface area contributed by atoms with Crippen LogP contribution in [0.1, 0.15) is 29.0 Å². The Hall–Kier alpha value is -2.50. The maximum absolute atomic E-state index is 13.2. The predicted molar refractivity (Wildman–Crippen MR) is 117 cm³/mol. The first kappa shape index (κ1) is 21.2. The van der Waals surface area contributed by atoms with Crippen molar-refractivity contribution < 1.29 is 13.9 Å². The Balaban J connectivity index is 0.00000240. The van der Waals surface area contributed by atoms with Crippen LogP contribution in [0.4, 0.5) is 0 Å². The van der Waals surface area contributed by atoms with Gasteiger partial charge in [0.2, 0.25) is 0 Å². The van der Waals surface area contributed by atoms with Crippen LogP contribution in [0.5, 0.6) is 5.75 Å². The highest BCUT2D eigenvalue weighted by molar-refractivity contribution is 5.99. The minimum atomic E-state index is -0.0363. The first-order valence-electron chi connectivity index (χ1n) is 9.88. The monoisotopic (exact) mass is 414 g/mol. The van der Waals surface area contributed by atoms with Crippen molar-refractivity contribution in [3.8, 4) is 5.75 Å². The molecule has 0 spiro atoms. The molecule has 154 valence electrons. The van der Waals surface area contributed by atoms with Crippen molar-refractivity contribution in [1.82, 2.24) is 10.2 Å². The number of piperidine rings is 1. The molecular weight excluding hydrogens is 388 g/mol. The van der Waals surface area contributed by atoms with E-state index in [1.54, 1.807) is 0 Å². The number of ether oxygens (including phenoxy) is 1. The summed E-state index contributed by atoms with van der Waals surface area (Å²) in [5.74, 6) is 1.78. The number of likely N-dealkylation sites (tertiary alicyclic amines) is 1. The van der Waals surface area contributed by atoms with Crippen LogP contribution in [0.3, 0.4) is 0 Å². The van der Waals surface area contributed by atoms with Gasteiger partial charge >= 0.3 is 0 Å². The van der Waals surface area contributed by atoms with Gasteiger partial charge in [-0.25, -0.2) is 0 Å². The smallest absolute Gasteiger partial charge is 0.290 e. The third-order valence-corrected chi connectivity index (χ3v) is 5.41. The van der Waals surface area contributed by atoms with Crippen molar-refractivity contribution >= 4 is 29.3 Å². The number of furan rings is 1. The molecule has 1 aromatic heterocycles. The number of nitrogens with one attached hydrogen (secondary N) is 1. The molecule has 6 heteroatoms. The van der Waals surface area contributed by atoms with Crippen LogP contribution in [0.15, 0.2) is 59.0 Å². The van der Waals surface area contributed by atoms with Gasteiger partial charge < -0.3 is 19.4 Å². The summed E-state index contributed by atoms with van der Waals surface area (Å²) in [7, 11) is 1.98. The number of carbonyl (C=O) groups excluding carboxylic acids is 1. The molecule has 1 N–H and O–H groups in total. The number of rotatable bonds is 6. The number of amides is 1. The van der Waals surface area contributed by atoms with Crippen LogP contribution in [0.2, 0.25) is 0 Å². The molecule has 0 atom stereocenters. The number of fused-ring (bicyclic) bond motifs is 1. The molecular formula is C23H27ClN2O3. The summed E-state index contributed by atoms with van der Waals surface area (Å²) in [5, 5.41) is 4.17. The normalized spacial score (nSPS) is 14.6. The minimum absolute atomic E-state index is 0. The van der Waals surface area contributed by atoms with E-state index in [2.05, 4.69) is 5.32 Å². The van der Waals surface area contributed by atoms with Crippen LogP contribution >= 0.6 is 12.4 Å². The van der Waals surface area contributed by atoms with Crippen molar-refractivity contribution in [3.05, 3.63) is 65.9 Å². The Morgan fingerprint density at radius 2 is 1.79 bits per heavy atom. The van der Waals surface area contributed by atoms with E-state index in [0.717, 1.165) is 54.8 Å². The molecule has 2 aromatic carbocycles. The fraction of sp³-hybridized carbons (Fsp3) is 0.348. The Morgan fingerprint density at radius 3 is 2.52 bits per heavy atom. The highest BCUT2D eigenvalue weighted by Crippen LogP contribution is 2.29. The molecule has 29 heavy (non-hydrogen) atoms. The Morgan fingerprint density at radius 1 is 1.10 bits per heavy atom. The second-order valence-corrected chi connectivity index (χ2v) is 7.30. The summed E-state index contributed by atoms with van der Waals surface area (Å²) < 4.78 is 11.9. The SMILES string of the molecule is CNCC1CCN(C(=O)c2oc3ccccc3c2COc2ccccc2)CC1.Cl. The standard InChI is InChI=1S/C23H26N2O3.ClH/c1-24-15-17-11-13-25(14-12-17)23(26)22-20(16-27-18-7-3-2-4-8-18)19-9-5-6-10-21(19)28-22;/h2-10,17,24H,11-16H2,1H3;1H. The summed E-state index contributed by atoms with van der Waals surface area (Å²) in [6, 6.07) is 17.4. The van der Waals surface area contributed by atoms with Gasteiger partial charge in [0.05, 0.1) is 0 Å². The molecule has 0 radical (unpaired) electrons. The van der Waals surface area contributed by atoms with E-state index in [1.807, 2.05) is 66.5 Å². The molecule has 0 aliphatic carbocycles. The maximum Gasteiger partial charge on any atom is 0.290 e. The Labute approximate surface area is 177 Å². The molecule has 5 nitrogen and oxygen atoms in total. The number of hydrogen-bond donors (Lipinski definition) is 1. The number of hydrogen-bond acceptors (Lipinski definition) is 4. The third-order valence-electron chi connectivity index (χ3n) is 5.41. The summed E-state index contributed by atoms with van der Waals surface area (Å²) in [5.41, 5.74) is 1.55. The van der Waals surface area contributed by atoms with Gasteiger partial charge in [0.15, 0.2) is 5.76 Å².